The minimum Gasteiger partial charge on any atom is -0.393 e. The Bertz CT molecular complexity index is 933. The maximum atomic E-state index is 12.8. The average molecular weight is 578 g/mol. The topological polar surface area (TPSA) is 89.8 Å². The maximum Gasteiger partial charge on any atom is 0.220 e. The highest BCUT2D eigenvalue weighted by Gasteiger charge is 2.65. The van der Waals surface area contributed by atoms with E-state index in [-0.39, 0.29) is 41.0 Å². The zero-order chi connectivity index (χ0) is 29.8. The van der Waals surface area contributed by atoms with Crippen LogP contribution < -0.4 is 5.32 Å². The second-order valence-corrected chi connectivity index (χ2v) is 16.9. The van der Waals surface area contributed by atoms with Crippen LogP contribution in [-0.4, -0.2) is 109 Å². The predicted molar refractivity (Wildman–Crippen MR) is 163 cm³/mol. The lowest BCUT2D eigenvalue weighted by molar-refractivity contribution is -1.01. The van der Waals surface area contributed by atoms with Gasteiger partial charge in [-0.2, -0.15) is 0 Å². The first-order chi connectivity index (χ1) is 19.2. The van der Waals surface area contributed by atoms with E-state index in [1.165, 1.54) is 26.2 Å². The molecule has 5 aliphatic rings. The lowest BCUT2D eigenvalue weighted by Crippen LogP contribution is -2.62. The molecule has 11 atom stereocenters. The second-order valence-electron chi connectivity index (χ2n) is 16.9. The van der Waals surface area contributed by atoms with Crippen molar-refractivity contribution in [2.45, 2.75) is 103 Å². The fourth-order valence-corrected chi connectivity index (χ4v) is 10.9. The molecule has 7 heteroatoms. The van der Waals surface area contributed by atoms with Crippen LogP contribution in [-0.2, 0) is 4.79 Å². The summed E-state index contributed by atoms with van der Waals surface area (Å²) >= 11 is 0. The first-order valence-electron chi connectivity index (χ1n) is 17.1. The van der Waals surface area contributed by atoms with Crippen molar-refractivity contribution in [3.05, 3.63) is 0 Å². The molecule has 4 N–H and O–H groups in total. The van der Waals surface area contributed by atoms with Gasteiger partial charge in [0, 0.05) is 19.4 Å². The number of amides is 1. The molecule has 0 radical (unpaired) electrons. The lowest BCUT2D eigenvalue weighted by atomic mass is 9.43. The van der Waals surface area contributed by atoms with Crippen molar-refractivity contribution in [3.63, 3.8) is 0 Å². The van der Waals surface area contributed by atoms with E-state index in [1.807, 2.05) is 0 Å². The largest absolute Gasteiger partial charge is 0.393 e. The number of nitrogens with one attached hydrogen (secondary N) is 1. The van der Waals surface area contributed by atoms with E-state index >= 15 is 0 Å². The Kier molecular flexibility index (Phi) is 9.00. The molecule has 1 heterocycles. The van der Waals surface area contributed by atoms with E-state index in [1.54, 1.807) is 0 Å². The smallest absolute Gasteiger partial charge is 0.220 e. The van der Waals surface area contributed by atoms with Gasteiger partial charge < -0.3 is 29.6 Å². The van der Waals surface area contributed by atoms with Crippen LogP contribution in [0.1, 0.15) is 85.0 Å². The van der Waals surface area contributed by atoms with Crippen LogP contribution in [0.25, 0.3) is 0 Å². The minimum atomic E-state index is -0.365. The molecule has 0 aromatic heterocycles. The van der Waals surface area contributed by atoms with Gasteiger partial charge >= 0.3 is 0 Å². The van der Waals surface area contributed by atoms with Gasteiger partial charge in [-0.05, 0) is 97.7 Å². The molecular weight excluding hydrogens is 514 g/mol. The summed E-state index contributed by atoms with van der Waals surface area (Å²) in [6.07, 6.45) is 7.90. The summed E-state index contributed by atoms with van der Waals surface area (Å²) in [5.41, 5.74) is -0.0909. The van der Waals surface area contributed by atoms with Gasteiger partial charge in [-0.25, -0.2) is 0 Å². The highest BCUT2D eigenvalue weighted by molar-refractivity contribution is 5.75. The van der Waals surface area contributed by atoms with E-state index in [0.717, 1.165) is 79.8 Å². The SMILES string of the molecule is C[C@H](CCC(=O)NCCC[N+]1(C)CC[N+](C)(C)CC1)[C@H]1CC[C@H]2[C@@H]3[C@H](O)C[C@@H]4C[C@H](O)CC[C@]4(C)[C@H]3C[C@H](O)[C@]12C. The van der Waals surface area contributed by atoms with Crippen molar-refractivity contribution in [2.75, 3.05) is 60.4 Å². The second kappa shape index (κ2) is 11.6. The molecule has 7 nitrogen and oxygen atoms in total. The Labute approximate surface area is 250 Å². The molecule has 236 valence electrons. The summed E-state index contributed by atoms with van der Waals surface area (Å²) in [6.45, 7) is 13.8. The third kappa shape index (κ3) is 6.01. The summed E-state index contributed by atoms with van der Waals surface area (Å²) < 4.78 is 2.24. The van der Waals surface area contributed by atoms with Gasteiger partial charge in [0.05, 0.1) is 46.0 Å². The number of quaternary nitrogens is 2. The summed E-state index contributed by atoms with van der Waals surface area (Å²) in [5, 5.41) is 36.9. The predicted octanol–water partition coefficient (Wildman–Crippen LogP) is 3.41. The summed E-state index contributed by atoms with van der Waals surface area (Å²) in [5.74, 6) is 2.18. The summed E-state index contributed by atoms with van der Waals surface area (Å²) in [7, 11) is 7.01. The molecule has 5 rings (SSSR count). The molecule has 0 aromatic rings. The molecule has 0 spiro atoms. The van der Waals surface area contributed by atoms with Crippen LogP contribution in [0.3, 0.4) is 0 Å². The highest BCUT2D eigenvalue weighted by Crippen LogP contribution is 2.68. The molecule has 1 amide bonds. The fraction of sp³-hybridized carbons (Fsp3) is 0.971. The van der Waals surface area contributed by atoms with Gasteiger partial charge in [0.15, 0.2) is 0 Å². The van der Waals surface area contributed by atoms with Crippen LogP contribution in [0.4, 0.5) is 0 Å². The van der Waals surface area contributed by atoms with Crippen LogP contribution >= 0.6 is 0 Å². The first kappa shape index (κ1) is 31.7. The van der Waals surface area contributed by atoms with E-state index in [0.29, 0.717) is 36.0 Å². The molecular formula is C34H63N3O4+2. The van der Waals surface area contributed by atoms with Gasteiger partial charge in [0.1, 0.15) is 26.2 Å². The maximum absolute atomic E-state index is 12.8. The van der Waals surface area contributed by atoms with Crippen molar-refractivity contribution in [3.8, 4) is 0 Å². The zero-order valence-corrected chi connectivity index (χ0v) is 27.2. The number of hydrogen-bond acceptors (Lipinski definition) is 4. The Balaban J connectivity index is 1.13. The van der Waals surface area contributed by atoms with Gasteiger partial charge in [0.25, 0.3) is 0 Å². The molecule has 5 fully saturated rings. The van der Waals surface area contributed by atoms with Crippen molar-refractivity contribution in [1.29, 1.82) is 0 Å². The molecule has 0 unspecified atom stereocenters. The van der Waals surface area contributed by atoms with Gasteiger partial charge in [0.2, 0.25) is 5.91 Å². The number of rotatable bonds is 8. The summed E-state index contributed by atoms with van der Waals surface area (Å²) in [6, 6.07) is 0. The van der Waals surface area contributed by atoms with E-state index in [9.17, 15) is 20.1 Å². The number of aliphatic hydroxyl groups is 3. The number of likely N-dealkylation sites (N-methyl/N-ethyl adjacent to an activating group) is 2. The zero-order valence-electron chi connectivity index (χ0n) is 27.2. The molecule has 4 aliphatic carbocycles. The highest BCUT2D eigenvalue weighted by atomic mass is 16.3. The third-order valence-corrected chi connectivity index (χ3v) is 14.0. The lowest BCUT2D eigenvalue weighted by Gasteiger charge is -2.63. The average Bonchev–Trinajstić information content (AvgIpc) is 3.27. The molecule has 0 bridgehead atoms. The first-order valence-corrected chi connectivity index (χ1v) is 17.1. The van der Waals surface area contributed by atoms with Gasteiger partial charge in [-0.1, -0.05) is 20.8 Å². The molecule has 41 heavy (non-hydrogen) atoms. The Hall–Kier alpha value is -0.730. The number of nitrogens with zero attached hydrogens (tertiary/aromatic N) is 2. The Morgan fingerprint density at radius 1 is 0.951 bits per heavy atom. The van der Waals surface area contributed by atoms with Crippen molar-refractivity contribution in [1.82, 2.24) is 5.32 Å². The third-order valence-electron chi connectivity index (χ3n) is 14.0. The number of carbonyl (C=O) groups is 1. The molecule has 1 aliphatic heterocycles. The fourth-order valence-electron chi connectivity index (χ4n) is 10.9. The normalized spacial score (nSPS) is 45.7. The number of aliphatic hydroxyl groups excluding tert-OH is 3. The minimum absolute atomic E-state index is 0.107. The van der Waals surface area contributed by atoms with Crippen LogP contribution in [0, 0.1) is 46.3 Å². The molecule has 1 saturated heterocycles. The van der Waals surface area contributed by atoms with E-state index in [2.05, 4.69) is 47.2 Å². The summed E-state index contributed by atoms with van der Waals surface area (Å²) in [4.78, 5) is 12.8. The van der Waals surface area contributed by atoms with Crippen molar-refractivity contribution >= 4 is 5.91 Å². The Morgan fingerprint density at radius 2 is 1.66 bits per heavy atom. The monoisotopic (exact) mass is 577 g/mol. The molecule has 0 aromatic carbocycles. The van der Waals surface area contributed by atoms with Crippen LogP contribution in [0.2, 0.25) is 0 Å². The van der Waals surface area contributed by atoms with Crippen molar-refractivity contribution in [2.24, 2.45) is 46.3 Å². The van der Waals surface area contributed by atoms with Crippen LogP contribution in [0.15, 0.2) is 0 Å². The quantitative estimate of drug-likeness (QED) is 0.263. The van der Waals surface area contributed by atoms with E-state index in [4.69, 9.17) is 0 Å². The number of fused-ring (bicyclic) bond motifs is 5. The number of piperazine rings is 1. The van der Waals surface area contributed by atoms with Crippen LogP contribution in [0.5, 0.6) is 0 Å². The van der Waals surface area contributed by atoms with Crippen molar-refractivity contribution < 1.29 is 29.1 Å². The van der Waals surface area contributed by atoms with Gasteiger partial charge in [-0.15, -0.1) is 0 Å². The Morgan fingerprint density at radius 3 is 2.37 bits per heavy atom. The standard InChI is InChI=1S/C34H62N3O4/c1-23(8-11-31(41)35-14-7-15-37(6)18-16-36(4,5)17-19-37)26-9-10-27-32-28(22-30(40)34(26,27)3)33(2)13-12-25(38)20-24(33)21-29(32)39/h23-30,32,38-40H,7-22H2,1-6H3/q+1/p+1/t23-,24+,25-,26-,27+,28+,29-,30+,32+,33+,34-/m1/s1. The van der Waals surface area contributed by atoms with E-state index < -0.39 is 0 Å². The number of hydrogen-bond donors (Lipinski definition) is 4. The molecule has 4 saturated carbocycles. The van der Waals surface area contributed by atoms with Gasteiger partial charge in [-0.3, -0.25) is 4.79 Å². The number of carbonyl (C=O) groups excluding carboxylic acids is 1.